The van der Waals surface area contributed by atoms with Gasteiger partial charge in [0, 0.05) is 10.6 Å². The van der Waals surface area contributed by atoms with Gasteiger partial charge in [-0.1, -0.05) is 37.6 Å². The van der Waals surface area contributed by atoms with E-state index in [1.54, 1.807) is 0 Å². The van der Waals surface area contributed by atoms with Gasteiger partial charge in [-0.25, -0.2) is 0 Å². The molecule has 0 aliphatic heterocycles. The molecule has 106 valence electrons. The lowest BCUT2D eigenvalue weighted by Gasteiger charge is -2.09. The van der Waals surface area contributed by atoms with E-state index in [0.717, 1.165) is 18.1 Å². The zero-order valence-electron chi connectivity index (χ0n) is 12.3. The van der Waals surface area contributed by atoms with E-state index in [9.17, 15) is 0 Å². The highest BCUT2D eigenvalue weighted by molar-refractivity contribution is 7.99. The van der Waals surface area contributed by atoms with Gasteiger partial charge in [0.15, 0.2) is 0 Å². The van der Waals surface area contributed by atoms with Crippen LogP contribution in [-0.4, -0.2) is 12.4 Å². The Hall–Kier alpha value is -1.41. The molecule has 0 bridgehead atoms. The summed E-state index contributed by atoms with van der Waals surface area (Å²) in [5, 5.41) is 0. The average molecular weight is 286 g/mol. The summed E-state index contributed by atoms with van der Waals surface area (Å²) in [7, 11) is 0. The van der Waals surface area contributed by atoms with Gasteiger partial charge in [-0.15, -0.1) is 11.8 Å². The Kier molecular flexibility index (Phi) is 6.00. The highest BCUT2D eigenvalue weighted by Gasteiger charge is 2.01. The van der Waals surface area contributed by atoms with E-state index in [4.69, 9.17) is 4.74 Å². The maximum absolute atomic E-state index is 5.71. The van der Waals surface area contributed by atoms with Crippen molar-refractivity contribution in [3.63, 3.8) is 0 Å². The van der Waals surface area contributed by atoms with Crippen LogP contribution in [0.3, 0.4) is 0 Å². The third-order valence-electron chi connectivity index (χ3n) is 3.20. The van der Waals surface area contributed by atoms with Crippen LogP contribution in [0.15, 0.2) is 53.4 Å². The van der Waals surface area contributed by atoms with Crippen LogP contribution in [0, 0.1) is 6.92 Å². The first kappa shape index (κ1) is 15.0. The molecule has 0 N–H and O–H groups in total. The number of hydrogen-bond donors (Lipinski definition) is 0. The minimum absolute atomic E-state index is 0.742. The molecule has 2 aromatic rings. The molecule has 0 aliphatic rings. The fraction of sp³-hybridized carbons (Fsp3) is 0.333. The van der Waals surface area contributed by atoms with Gasteiger partial charge in [0.25, 0.3) is 0 Å². The van der Waals surface area contributed by atoms with Gasteiger partial charge in [-0.2, -0.15) is 0 Å². The predicted octanol–water partition coefficient (Wildman–Crippen LogP) is 5.12. The minimum atomic E-state index is 0.742. The smallest absolute Gasteiger partial charge is 0.119 e. The van der Waals surface area contributed by atoms with E-state index >= 15 is 0 Å². The summed E-state index contributed by atoms with van der Waals surface area (Å²) in [6.07, 6.45) is 2.37. The van der Waals surface area contributed by atoms with Crippen LogP contribution >= 0.6 is 11.8 Å². The normalized spacial score (nSPS) is 10.5. The second-order valence-electron chi connectivity index (χ2n) is 4.85. The molecule has 2 heteroatoms. The van der Waals surface area contributed by atoms with E-state index in [0.29, 0.717) is 0 Å². The molecule has 1 nitrogen and oxygen atoms in total. The largest absolute Gasteiger partial charge is 0.493 e. The summed E-state index contributed by atoms with van der Waals surface area (Å²) in [5.41, 5.74) is 2.87. The summed E-state index contributed by atoms with van der Waals surface area (Å²) in [4.78, 5) is 1.34. The van der Waals surface area contributed by atoms with Gasteiger partial charge >= 0.3 is 0 Å². The van der Waals surface area contributed by atoms with Crippen LogP contribution in [0.4, 0.5) is 0 Å². The third-order valence-corrected chi connectivity index (χ3v) is 4.16. The molecule has 2 aromatic carbocycles. The van der Waals surface area contributed by atoms with Crippen molar-refractivity contribution in [1.82, 2.24) is 0 Å². The molecular weight excluding hydrogens is 264 g/mol. The lowest BCUT2D eigenvalue weighted by atomic mass is 10.0. The van der Waals surface area contributed by atoms with E-state index in [-0.39, 0.29) is 0 Å². The van der Waals surface area contributed by atoms with Gasteiger partial charge < -0.3 is 4.74 Å². The van der Waals surface area contributed by atoms with Crippen molar-refractivity contribution in [2.45, 2.75) is 31.6 Å². The maximum Gasteiger partial charge on any atom is 0.119 e. The van der Waals surface area contributed by atoms with E-state index < -0.39 is 0 Å². The van der Waals surface area contributed by atoms with Crippen LogP contribution in [0.2, 0.25) is 0 Å². The highest BCUT2D eigenvalue weighted by Crippen LogP contribution is 2.22. The Morgan fingerprint density at radius 2 is 1.85 bits per heavy atom. The topological polar surface area (TPSA) is 9.23 Å². The molecule has 0 radical (unpaired) electrons. The molecule has 0 unspecified atom stereocenters. The van der Waals surface area contributed by atoms with E-state index in [1.807, 2.05) is 42.1 Å². The molecule has 0 saturated heterocycles. The highest BCUT2D eigenvalue weighted by atomic mass is 32.2. The third kappa shape index (κ3) is 4.61. The Morgan fingerprint density at radius 3 is 2.60 bits per heavy atom. The predicted molar refractivity (Wildman–Crippen MR) is 87.8 cm³/mol. The van der Waals surface area contributed by atoms with Crippen LogP contribution in [0.25, 0.3) is 0 Å². The maximum atomic E-state index is 5.71. The first-order chi connectivity index (χ1) is 9.79. The molecule has 2 rings (SSSR count). The van der Waals surface area contributed by atoms with E-state index in [2.05, 4.69) is 32.0 Å². The summed E-state index contributed by atoms with van der Waals surface area (Å²) < 4.78 is 5.71. The van der Waals surface area contributed by atoms with Gasteiger partial charge in [0.2, 0.25) is 0 Å². The van der Waals surface area contributed by atoms with Crippen molar-refractivity contribution in [2.75, 3.05) is 12.4 Å². The van der Waals surface area contributed by atoms with Crippen molar-refractivity contribution in [3.8, 4) is 5.75 Å². The molecule has 0 heterocycles. The lowest BCUT2D eigenvalue weighted by Crippen LogP contribution is -2.00. The first-order valence-corrected chi connectivity index (χ1v) is 8.18. The molecule has 20 heavy (non-hydrogen) atoms. The molecule has 0 fully saturated rings. The van der Waals surface area contributed by atoms with Crippen molar-refractivity contribution in [3.05, 3.63) is 59.7 Å². The van der Waals surface area contributed by atoms with Gasteiger partial charge in [-0.3, -0.25) is 0 Å². The number of para-hydroxylation sites is 1. The molecule has 0 aliphatic carbocycles. The number of ether oxygens (including phenoxy) is 1. The Bertz CT molecular complexity index is 522. The molecule has 0 spiro atoms. The van der Waals surface area contributed by atoms with Crippen molar-refractivity contribution < 1.29 is 4.74 Å². The van der Waals surface area contributed by atoms with Crippen LogP contribution in [0.1, 0.15) is 24.5 Å². The van der Waals surface area contributed by atoms with Crippen LogP contribution in [-0.2, 0) is 6.42 Å². The summed E-state index contributed by atoms with van der Waals surface area (Å²) in [6, 6.07) is 16.8. The number of benzene rings is 2. The van der Waals surface area contributed by atoms with Crippen molar-refractivity contribution in [2.24, 2.45) is 0 Å². The molecule has 0 amide bonds. The zero-order chi connectivity index (χ0) is 14.2. The molecular formula is C18H22OS. The molecule has 0 aromatic heterocycles. The number of thioether (sulfide) groups is 1. The van der Waals surface area contributed by atoms with Gasteiger partial charge in [-0.05, 0) is 48.7 Å². The van der Waals surface area contributed by atoms with Gasteiger partial charge in [0.05, 0.1) is 6.61 Å². The number of aryl methyl sites for hydroxylation is 2. The summed E-state index contributed by atoms with van der Waals surface area (Å²) in [6.45, 7) is 5.16. The van der Waals surface area contributed by atoms with Gasteiger partial charge in [0.1, 0.15) is 5.75 Å². The Morgan fingerprint density at radius 1 is 1.05 bits per heavy atom. The average Bonchev–Trinajstić information content (AvgIpc) is 2.48. The lowest BCUT2D eigenvalue weighted by molar-refractivity contribution is 0.344. The fourth-order valence-electron chi connectivity index (χ4n) is 2.11. The SMILES string of the molecule is CCCc1cc(SCCOc2ccccc2)ccc1C. The monoisotopic (exact) mass is 286 g/mol. The van der Waals surface area contributed by atoms with Crippen LogP contribution in [0.5, 0.6) is 5.75 Å². The quantitative estimate of drug-likeness (QED) is 0.516. The van der Waals surface area contributed by atoms with Crippen molar-refractivity contribution in [1.29, 1.82) is 0 Å². The number of rotatable bonds is 7. The Balaban J connectivity index is 1.80. The second kappa shape index (κ2) is 8.01. The second-order valence-corrected chi connectivity index (χ2v) is 6.02. The fourth-order valence-corrected chi connectivity index (χ4v) is 2.90. The van der Waals surface area contributed by atoms with Crippen molar-refractivity contribution >= 4 is 11.8 Å². The van der Waals surface area contributed by atoms with Crippen LogP contribution < -0.4 is 4.74 Å². The Labute approximate surface area is 126 Å². The summed E-state index contributed by atoms with van der Waals surface area (Å²) >= 11 is 1.86. The molecule has 0 atom stereocenters. The minimum Gasteiger partial charge on any atom is -0.493 e. The summed E-state index contributed by atoms with van der Waals surface area (Å²) in [5.74, 6) is 1.92. The van der Waals surface area contributed by atoms with E-state index in [1.165, 1.54) is 28.9 Å². The molecule has 0 saturated carbocycles. The zero-order valence-corrected chi connectivity index (χ0v) is 13.1. The first-order valence-electron chi connectivity index (χ1n) is 7.19. The number of hydrogen-bond acceptors (Lipinski definition) is 2. The standard InChI is InChI=1S/C18H22OS/c1-3-7-16-14-18(11-10-15(16)2)20-13-12-19-17-8-5-4-6-9-17/h4-6,8-11,14H,3,7,12-13H2,1-2H3.